The first kappa shape index (κ1) is 12.9. The van der Waals surface area contributed by atoms with Crippen LogP contribution in [0.4, 0.5) is 11.4 Å². The third-order valence-corrected chi connectivity index (χ3v) is 2.63. The molecule has 0 fully saturated rings. The topological polar surface area (TPSA) is 77.2 Å². The number of aromatic nitrogens is 1. The third-order valence-electron chi connectivity index (χ3n) is 2.63. The molecule has 3 N–H and O–H groups in total. The molecule has 0 saturated heterocycles. The number of carbonyl (C=O) groups is 1. The molecule has 98 valence electrons. The van der Waals surface area contributed by atoms with Crippen molar-refractivity contribution in [1.29, 1.82) is 0 Å². The highest BCUT2D eigenvalue weighted by Gasteiger charge is 2.06. The van der Waals surface area contributed by atoms with Gasteiger partial charge in [-0.05, 0) is 35.9 Å². The summed E-state index contributed by atoms with van der Waals surface area (Å²) in [6.07, 6.45) is 3.62. The minimum Gasteiger partial charge on any atom is -0.495 e. The number of nitrogen functional groups attached to an aromatic ring is 1. The molecule has 0 radical (unpaired) electrons. The molecule has 5 heteroatoms. The number of rotatable bonds is 4. The highest BCUT2D eigenvalue weighted by Crippen LogP contribution is 2.24. The van der Waals surface area contributed by atoms with Gasteiger partial charge in [0.05, 0.1) is 19.2 Å². The zero-order valence-corrected chi connectivity index (χ0v) is 10.6. The number of nitrogens with zero attached hydrogens (tertiary/aromatic N) is 1. The number of carbonyl (C=O) groups excluding carboxylic acids is 1. The SMILES string of the molecule is COc1ccc(NC(=O)Cc2ccncc2)cc1N. The van der Waals surface area contributed by atoms with Crippen LogP contribution in [0.25, 0.3) is 0 Å². The number of ether oxygens (including phenoxy) is 1. The summed E-state index contributed by atoms with van der Waals surface area (Å²) in [4.78, 5) is 15.7. The van der Waals surface area contributed by atoms with E-state index in [1.807, 2.05) is 12.1 Å². The van der Waals surface area contributed by atoms with Gasteiger partial charge in [-0.25, -0.2) is 0 Å². The number of amides is 1. The van der Waals surface area contributed by atoms with Gasteiger partial charge in [0.1, 0.15) is 5.75 Å². The van der Waals surface area contributed by atoms with Crippen molar-refractivity contribution in [2.24, 2.45) is 0 Å². The Bertz CT molecular complexity index is 570. The number of methoxy groups -OCH3 is 1. The fourth-order valence-electron chi connectivity index (χ4n) is 1.70. The summed E-state index contributed by atoms with van der Waals surface area (Å²) >= 11 is 0. The Labute approximate surface area is 111 Å². The van der Waals surface area contributed by atoms with E-state index in [1.165, 1.54) is 0 Å². The summed E-state index contributed by atoms with van der Waals surface area (Å²) in [6, 6.07) is 8.75. The lowest BCUT2D eigenvalue weighted by Gasteiger charge is -2.08. The van der Waals surface area contributed by atoms with Crippen LogP contribution in [0.1, 0.15) is 5.56 Å². The Hall–Kier alpha value is -2.56. The molecule has 1 heterocycles. The average Bonchev–Trinajstić information content (AvgIpc) is 2.40. The quantitative estimate of drug-likeness (QED) is 0.819. The van der Waals surface area contributed by atoms with E-state index in [0.717, 1.165) is 5.56 Å². The van der Waals surface area contributed by atoms with Crippen molar-refractivity contribution in [2.45, 2.75) is 6.42 Å². The van der Waals surface area contributed by atoms with Crippen molar-refractivity contribution in [3.05, 3.63) is 48.3 Å². The summed E-state index contributed by atoms with van der Waals surface area (Å²) in [7, 11) is 1.55. The van der Waals surface area contributed by atoms with Crippen molar-refractivity contribution < 1.29 is 9.53 Å². The average molecular weight is 257 g/mol. The van der Waals surface area contributed by atoms with Crippen LogP contribution in [0.3, 0.4) is 0 Å². The van der Waals surface area contributed by atoms with Gasteiger partial charge >= 0.3 is 0 Å². The largest absolute Gasteiger partial charge is 0.495 e. The fraction of sp³-hybridized carbons (Fsp3) is 0.143. The molecular formula is C14H15N3O2. The Morgan fingerprint density at radius 1 is 1.32 bits per heavy atom. The molecular weight excluding hydrogens is 242 g/mol. The highest BCUT2D eigenvalue weighted by molar-refractivity contribution is 5.92. The van der Waals surface area contributed by atoms with Gasteiger partial charge in [-0.1, -0.05) is 0 Å². The molecule has 0 bridgehead atoms. The Kier molecular flexibility index (Phi) is 3.97. The molecule has 0 aliphatic heterocycles. The number of anilines is 2. The van der Waals surface area contributed by atoms with Gasteiger partial charge in [-0.2, -0.15) is 0 Å². The predicted molar refractivity (Wildman–Crippen MR) is 74.0 cm³/mol. The van der Waals surface area contributed by atoms with Gasteiger partial charge in [-0.3, -0.25) is 9.78 Å². The summed E-state index contributed by atoms with van der Waals surface area (Å²) in [6.45, 7) is 0. The number of hydrogen-bond donors (Lipinski definition) is 2. The number of benzene rings is 1. The van der Waals surface area contributed by atoms with E-state index in [0.29, 0.717) is 23.5 Å². The van der Waals surface area contributed by atoms with E-state index in [2.05, 4.69) is 10.3 Å². The first-order chi connectivity index (χ1) is 9.19. The van der Waals surface area contributed by atoms with Gasteiger partial charge in [-0.15, -0.1) is 0 Å². The van der Waals surface area contributed by atoms with Gasteiger partial charge < -0.3 is 15.8 Å². The predicted octanol–water partition coefficient (Wildman–Crippen LogP) is 1.85. The van der Waals surface area contributed by atoms with E-state index < -0.39 is 0 Å². The Balaban J connectivity index is 2.01. The number of nitrogens with one attached hydrogen (secondary N) is 1. The molecule has 19 heavy (non-hydrogen) atoms. The second-order valence-electron chi connectivity index (χ2n) is 4.04. The minimum atomic E-state index is -0.101. The molecule has 2 rings (SSSR count). The van der Waals surface area contributed by atoms with Crippen molar-refractivity contribution in [2.75, 3.05) is 18.2 Å². The van der Waals surface area contributed by atoms with Crippen LogP contribution in [0.5, 0.6) is 5.75 Å². The summed E-state index contributed by atoms with van der Waals surface area (Å²) in [5.74, 6) is 0.489. The van der Waals surface area contributed by atoms with Crippen LogP contribution in [0.2, 0.25) is 0 Å². The molecule has 0 aliphatic rings. The molecule has 0 unspecified atom stereocenters. The second-order valence-corrected chi connectivity index (χ2v) is 4.04. The Morgan fingerprint density at radius 2 is 2.05 bits per heavy atom. The van der Waals surface area contributed by atoms with Gasteiger partial charge in [0, 0.05) is 18.1 Å². The number of nitrogens with two attached hydrogens (primary N) is 1. The number of hydrogen-bond acceptors (Lipinski definition) is 4. The molecule has 2 aromatic rings. The van der Waals surface area contributed by atoms with E-state index in [-0.39, 0.29) is 5.91 Å². The van der Waals surface area contributed by atoms with Crippen LogP contribution in [0.15, 0.2) is 42.7 Å². The summed E-state index contributed by atoms with van der Waals surface area (Å²) in [5.41, 5.74) is 7.83. The fourth-order valence-corrected chi connectivity index (χ4v) is 1.70. The molecule has 0 aliphatic carbocycles. The Morgan fingerprint density at radius 3 is 2.68 bits per heavy atom. The maximum absolute atomic E-state index is 11.8. The molecule has 0 saturated carbocycles. The van der Waals surface area contributed by atoms with Crippen LogP contribution >= 0.6 is 0 Å². The van der Waals surface area contributed by atoms with E-state index in [9.17, 15) is 4.79 Å². The van der Waals surface area contributed by atoms with E-state index in [4.69, 9.17) is 10.5 Å². The molecule has 1 amide bonds. The lowest BCUT2D eigenvalue weighted by molar-refractivity contribution is -0.115. The van der Waals surface area contributed by atoms with Crippen molar-refractivity contribution in [3.63, 3.8) is 0 Å². The lowest BCUT2D eigenvalue weighted by Crippen LogP contribution is -2.14. The van der Waals surface area contributed by atoms with E-state index in [1.54, 1.807) is 37.7 Å². The van der Waals surface area contributed by atoms with Crippen molar-refractivity contribution in [1.82, 2.24) is 4.98 Å². The maximum atomic E-state index is 11.8. The summed E-state index contributed by atoms with van der Waals surface area (Å²) in [5, 5.41) is 2.79. The minimum absolute atomic E-state index is 0.101. The monoisotopic (exact) mass is 257 g/mol. The lowest BCUT2D eigenvalue weighted by atomic mass is 10.2. The molecule has 1 aromatic heterocycles. The van der Waals surface area contributed by atoms with Crippen LogP contribution in [0, 0.1) is 0 Å². The van der Waals surface area contributed by atoms with Crippen LogP contribution in [-0.4, -0.2) is 18.0 Å². The first-order valence-electron chi connectivity index (χ1n) is 5.81. The number of pyridine rings is 1. The molecule has 5 nitrogen and oxygen atoms in total. The molecule has 1 aromatic carbocycles. The van der Waals surface area contributed by atoms with Crippen molar-refractivity contribution >= 4 is 17.3 Å². The normalized spacial score (nSPS) is 9.95. The van der Waals surface area contributed by atoms with Gasteiger partial charge in [0.2, 0.25) is 5.91 Å². The summed E-state index contributed by atoms with van der Waals surface area (Å²) < 4.78 is 5.06. The maximum Gasteiger partial charge on any atom is 0.228 e. The first-order valence-corrected chi connectivity index (χ1v) is 5.81. The van der Waals surface area contributed by atoms with Crippen molar-refractivity contribution in [3.8, 4) is 5.75 Å². The zero-order valence-electron chi connectivity index (χ0n) is 10.6. The second kappa shape index (κ2) is 5.86. The van der Waals surface area contributed by atoms with Crippen LogP contribution in [-0.2, 0) is 11.2 Å². The third kappa shape index (κ3) is 3.45. The zero-order chi connectivity index (χ0) is 13.7. The van der Waals surface area contributed by atoms with E-state index >= 15 is 0 Å². The van der Waals surface area contributed by atoms with Gasteiger partial charge in [0.15, 0.2) is 0 Å². The standard InChI is InChI=1S/C14H15N3O2/c1-19-13-3-2-11(9-12(13)15)17-14(18)8-10-4-6-16-7-5-10/h2-7,9H,8,15H2,1H3,(H,17,18). The van der Waals surface area contributed by atoms with Gasteiger partial charge in [0.25, 0.3) is 0 Å². The highest BCUT2D eigenvalue weighted by atomic mass is 16.5. The smallest absolute Gasteiger partial charge is 0.228 e. The molecule has 0 atom stereocenters. The molecule has 0 spiro atoms. The van der Waals surface area contributed by atoms with Crippen LogP contribution < -0.4 is 15.8 Å².